The van der Waals surface area contributed by atoms with Crippen molar-refractivity contribution in [2.45, 2.75) is 56.1 Å². The van der Waals surface area contributed by atoms with Gasteiger partial charge in [-0.1, -0.05) is 12.2 Å². The Bertz CT molecular complexity index is 1940. The van der Waals surface area contributed by atoms with Crippen LogP contribution in [-0.4, -0.2) is 94.4 Å². The molecule has 250 valence electrons. The summed E-state index contributed by atoms with van der Waals surface area (Å²) in [4.78, 5) is 44.9. The van der Waals surface area contributed by atoms with E-state index in [2.05, 4.69) is 42.2 Å². The molecule has 2 aliphatic rings. The van der Waals surface area contributed by atoms with Crippen LogP contribution in [0.3, 0.4) is 0 Å². The standard InChI is InChI=1S/C21H26F2N10O9P2S2/c1-7-13(10(23)19(39-7)32-5-28-11-15(24)26-4-27-16(11)32)41-44(36,46)38-3-8-9(22)14(42-43(35,45)37-2)20(40-8)33-6-29-12-17(33)30-21(25)31-18(12)34/h4-10,13-14,19-20H,3H2,1-2H3,(H,35,45)(H,36,46)(H2,24,26,27)(H3,25,30,31,34)/t7-,8-,9-,10-,13-,14-,19-,20-,43?,44?/m1/s1. The SMILES string of the molecule is COP(O)(=S)O[C@@H]1[C@H](F)[C@@H](COP(=O)(S)O[C@H]2[C@@H](F)[C@H](n3cnc4c(N)ncnc43)O[C@@H]2C)O[C@H]1n1cnc2c(=O)[nH]c(N)nc21. The largest absolute Gasteiger partial charge is 0.386 e. The van der Waals surface area contributed by atoms with Gasteiger partial charge in [0.05, 0.1) is 25.4 Å². The fourth-order valence-electron chi connectivity index (χ4n) is 5.06. The first-order valence-electron chi connectivity index (χ1n) is 13.2. The van der Waals surface area contributed by atoms with Crippen LogP contribution in [0.15, 0.2) is 23.8 Å². The molecule has 2 unspecified atom stereocenters. The summed E-state index contributed by atoms with van der Waals surface area (Å²) in [6.07, 6.45) is -8.80. The van der Waals surface area contributed by atoms with Gasteiger partial charge in [0.25, 0.3) is 5.56 Å². The average Bonchev–Trinajstić information content (AvgIpc) is 3.74. The number of thiol groups is 1. The van der Waals surface area contributed by atoms with E-state index in [0.717, 1.165) is 18.0 Å². The number of anilines is 2. The number of aromatic amines is 1. The van der Waals surface area contributed by atoms with Gasteiger partial charge in [0.2, 0.25) is 5.95 Å². The number of nitrogens with zero attached hydrogens (tertiary/aromatic N) is 7. The van der Waals surface area contributed by atoms with Crippen molar-refractivity contribution in [3.05, 3.63) is 29.3 Å². The third-order valence-electron chi connectivity index (χ3n) is 7.20. The Balaban J connectivity index is 1.18. The molecule has 6 heterocycles. The van der Waals surface area contributed by atoms with E-state index in [4.69, 9.17) is 50.8 Å². The van der Waals surface area contributed by atoms with E-state index in [0.29, 0.717) is 0 Å². The summed E-state index contributed by atoms with van der Waals surface area (Å²) in [6, 6.07) is 0. The van der Waals surface area contributed by atoms with Crippen molar-refractivity contribution in [3.8, 4) is 0 Å². The third-order valence-corrected chi connectivity index (χ3v) is 10.5. The summed E-state index contributed by atoms with van der Waals surface area (Å²) < 4.78 is 79.7. The second-order valence-electron chi connectivity index (χ2n) is 10.1. The van der Waals surface area contributed by atoms with Crippen LogP contribution in [0.4, 0.5) is 20.5 Å². The molecular weight excluding hydrogens is 700 g/mol. The lowest BCUT2D eigenvalue weighted by Crippen LogP contribution is -2.32. The molecule has 46 heavy (non-hydrogen) atoms. The van der Waals surface area contributed by atoms with Crippen LogP contribution in [0, 0.1) is 0 Å². The molecule has 4 aromatic rings. The lowest BCUT2D eigenvalue weighted by molar-refractivity contribution is -0.0462. The van der Waals surface area contributed by atoms with Gasteiger partial charge in [0.15, 0.2) is 47.4 Å². The maximum absolute atomic E-state index is 15.9. The van der Waals surface area contributed by atoms with Gasteiger partial charge in [-0.25, -0.2) is 33.3 Å². The molecule has 25 heteroatoms. The van der Waals surface area contributed by atoms with E-state index >= 15 is 8.78 Å². The van der Waals surface area contributed by atoms with E-state index in [1.54, 1.807) is 0 Å². The highest BCUT2D eigenvalue weighted by molar-refractivity contribution is 8.44. The molecule has 2 fully saturated rings. The number of imidazole rings is 2. The molecule has 19 nitrogen and oxygen atoms in total. The van der Waals surface area contributed by atoms with Crippen LogP contribution in [0.25, 0.3) is 22.3 Å². The van der Waals surface area contributed by atoms with Gasteiger partial charge in [0, 0.05) is 7.11 Å². The Labute approximate surface area is 266 Å². The van der Waals surface area contributed by atoms with Gasteiger partial charge in [-0.05, 0) is 18.7 Å². The summed E-state index contributed by atoms with van der Waals surface area (Å²) in [5.74, 6) is -0.181. The number of rotatable bonds is 10. The summed E-state index contributed by atoms with van der Waals surface area (Å²) in [5, 5.41) is 0. The Morgan fingerprint density at radius 3 is 2.48 bits per heavy atom. The second-order valence-corrected chi connectivity index (χ2v) is 15.9. The van der Waals surface area contributed by atoms with Crippen molar-refractivity contribution in [1.82, 2.24) is 39.0 Å². The zero-order chi connectivity index (χ0) is 33.1. The molecule has 0 saturated carbocycles. The van der Waals surface area contributed by atoms with E-state index in [1.807, 2.05) is 0 Å². The van der Waals surface area contributed by atoms with Gasteiger partial charge in [0.1, 0.15) is 30.2 Å². The van der Waals surface area contributed by atoms with Crippen LogP contribution >= 0.6 is 25.8 Å². The first kappa shape index (κ1) is 33.2. The van der Waals surface area contributed by atoms with Crippen LogP contribution in [0.2, 0.25) is 0 Å². The van der Waals surface area contributed by atoms with Crippen molar-refractivity contribution < 1.29 is 45.8 Å². The van der Waals surface area contributed by atoms with Crippen LogP contribution in [0.1, 0.15) is 19.4 Å². The minimum absolute atomic E-state index is 0.0817. The fourth-order valence-corrected chi connectivity index (χ4v) is 7.49. The van der Waals surface area contributed by atoms with Gasteiger partial charge in [-0.2, -0.15) is 4.98 Å². The maximum atomic E-state index is 15.9. The highest BCUT2D eigenvalue weighted by atomic mass is 32.7. The number of alkyl halides is 2. The Hall–Kier alpha value is -2.69. The van der Waals surface area contributed by atoms with Crippen molar-refractivity contribution in [3.63, 3.8) is 0 Å². The maximum Gasteiger partial charge on any atom is 0.386 e. The van der Waals surface area contributed by atoms with Gasteiger partial charge >= 0.3 is 13.5 Å². The van der Waals surface area contributed by atoms with E-state index in [-0.39, 0.29) is 34.1 Å². The van der Waals surface area contributed by atoms with Crippen molar-refractivity contribution in [1.29, 1.82) is 0 Å². The molecule has 0 aliphatic carbocycles. The molecule has 2 aliphatic heterocycles. The van der Waals surface area contributed by atoms with Crippen LogP contribution in [0.5, 0.6) is 0 Å². The van der Waals surface area contributed by atoms with Crippen molar-refractivity contribution in [2.75, 3.05) is 25.2 Å². The molecule has 6 N–H and O–H groups in total. The molecule has 0 radical (unpaired) electrons. The number of aromatic nitrogens is 8. The van der Waals surface area contributed by atoms with Crippen LogP contribution in [-0.2, 0) is 43.9 Å². The molecule has 0 bridgehead atoms. The molecule has 6 rings (SSSR count). The quantitative estimate of drug-likeness (QED) is 0.114. The van der Waals surface area contributed by atoms with Crippen molar-refractivity contribution in [2.24, 2.45) is 0 Å². The van der Waals surface area contributed by atoms with Gasteiger partial charge < -0.3 is 30.4 Å². The minimum atomic E-state index is -4.42. The third kappa shape index (κ3) is 6.17. The number of nitrogens with two attached hydrogens (primary N) is 2. The van der Waals surface area contributed by atoms with E-state index in [9.17, 15) is 14.3 Å². The molecule has 2 saturated heterocycles. The van der Waals surface area contributed by atoms with Gasteiger partial charge in [-0.15, -0.1) is 0 Å². The predicted octanol–water partition coefficient (Wildman–Crippen LogP) is 1.30. The number of ether oxygens (including phenoxy) is 2. The van der Waals surface area contributed by atoms with E-state index in [1.165, 1.54) is 24.1 Å². The number of fused-ring (bicyclic) bond motifs is 2. The summed E-state index contributed by atoms with van der Waals surface area (Å²) in [6.45, 7) is -7.68. The fraction of sp³-hybridized carbons (Fsp3) is 0.524. The van der Waals surface area contributed by atoms with Crippen molar-refractivity contribution >= 4 is 71.7 Å². The number of nitrogen functional groups attached to an aromatic ring is 2. The van der Waals surface area contributed by atoms with Crippen LogP contribution < -0.4 is 17.0 Å². The lowest BCUT2D eigenvalue weighted by Gasteiger charge is -2.24. The molecule has 4 aromatic heterocycles. The number of H-pyrrole nitrogens is 1. The predicted molar refractivity (Wildman–Crippen MR) is 161 cm³/mol. The second kappa shape index (κ2) is 12.4. The Kier molecular flexibility index (Phi) is 8.95. The Morgan fingerprint density at radius 2 is 1.76 bits per heavy atom. The molecule has 0 amide bonds. The topological polar surface area (TPSA) is 252 Å². The number of nitrogens with one attached hydrogen (secondary N) is 1. The smallest absolute Gasteiger partial charge is 0.382 e. The summed E-state index contributed by atoms with van der Waals surface area (Å²) >= 11 is 8.86. The summed E-state index contributed by atoms with van der Waals surface area (Å²) in [5.41, 5.74) is 11.0. The minimum Gasteiger partial charge on any atom is -0.382 e. The van der Waals surface area contributed by atoms with Gasteiger partial charge in [-0.3, -0.25) is 32.5 Å². The zero-order valence-corrected chi connectivity index (χ0v) is 27.1. The zero-order valence-electron chi connectivity index (χ0n) is 23.6. The number of hydrogen-bond acceptors (Lipinski definition) is 16. The Morgan fingerprint density at radius 1 is 1.07 bits per heavy atom. The highest BCUT2D eigenvalue weighted by Crippen LogP contribution is 2.57. The number of halogens is 2. The molecule has 0 spiro atoms. The van der Waals surface area contributed by atoms with E-state index < -0.39 is 74.9 Å². The lowest BCUT2D eigenvalue weighted by atomic mass is 10.1. The number of hydrogen-bond donors (Lipinski definition) is 5. The first-order chi connectivity index (χ1) is 21.7. The monoisotopic (exact) mass is 726 g/mol. The molecule has 10 atom stereocenters. The normalized spacial score (nSPS) is 31.0. The molecular formula is C21H26F2N10O9P2S2. The highest BCUT2D eigenvalue weighted by Gasteiger charge is 2.52. The average molecular weight is 727 g/mol. The molecule has 0 aromatic carbocycles. The summed E-state index contributed by atoms with van der Waals surface area (Å²) in [7, 11) is 1.07. The first-order valence-corrected chi connectivity index (χ1v) is 18.5.